The van der Waals surface area contributed by atoms with Gasteiger partial charge in [0, 0.05) is 0 Å². The quantitative estimate of drug-likeness (QED) is 0.286. The Labute approximate surface area is 234 Å². The summed E-state index contributed by atoms with van der Waals surface area (Å²) in [7, 11) is -4.06. The predicted molar refractivity (Wildman–Crippen MR) is 153 cm³/mol. The van der Waals surface area contributed by atoms with Crippen LogP contribution in [0, 0.1) is 6.92 Å². The molecule has 40 heavy (non-hydrogen) atoms. The molecule has 1 amide bonds. The minimum Gasteiger partial charge on any atom is -0.486 e. The molecule has 206 valence electrons. The van der Waals surface area contributed by atoms with Gasteiger partial charge in [-0.2, -0.15) is 0 Å². The van der Waals surface area contributed by atoms with Crippen LogP contribution in [0.4, 0.5) is 5.69 Å². The molecule has 0 saturated heterocycles. The van der Waals surface area contributed by atoms with Gasteiger partial charge in [-0.15, -0.1) is 0 Å². The van der Waals surface area contributed by atoms with Crippen molar-refractivity contribution in [1.82, 2.24) is 5.32 Å². The number of sulfonamides is 1. The molecule has 1 atom stereocenters. The van der Waals surface area contributed by atoms with E-state index in [0.29, 0.717) is 41.9 Å². The summed E-state index contributed by atoms with van der Waals surface area (Å²) in [6.45, 7) is 4.25. The molecule has 0 aromatic heterocycles. The van der Waals surface area contributed by atoms with Gasteiger partial charge in [0.25, 0.3) is 10.0 Å². The average Bonchev–Trinajstić information content (AvgIpc) is 2.97. The molecule has 8 nitrogen and oxygen atoms in total. The summed E-state index contributed by atoms with van der Waals surface area (Å²) < 4.78 is 45.7. The van der Waals surface area contributed by atoms with Crippen LogP contribution in [0.15, 0.2) is 102 Å². The van der Waals surface area contributed by atoms with E-state index in [4.69, 9.17) is 14.2 Å². The van der Waals surface area contributed by atoms with E-state index >= 15 is 0 Å². The van der Waals surface area contributed by atoms with Gasteiger partial charge in [-0.25, -0.2) is 8.42 Å². The van der Waals surface area contributed by atoms with E-state index in [2.05, 4.69) is 5.32 Å². The van der Waals surface area contributed by atoms with Crippen LogP contribution in [-0.4, -0.2) is 34.1 Å². The number of anilines is 1. The van der Waals surface area contributed by atoms with E-state index in [0.717, 1.165) is 15.4 Å². The fourth-order valence-corrected chi connectivity index (χ4v) is 5.71. The van der Waals surface area contributed by atoms with Gasteiger partial charge in [-0.05, 0) is 80.1 Å². The van der Waals surface area contributed by atoms with Crippen LogP contribution in [0.1, 0.15) is 24.1 Å². The number of amides is 1. The molecular weight excluding hydrogens is 528 g/mol. The largest absolute Gasteiger partial charge is 0.486 e. The van der Waals surface area contributed by atoms with Crippen molar-refractivity contribution in [2.45, 2.75) is 24.8 Å². The van der Waals surface area contributed by atoms with Crippen LogP contribution >= 0.6 is 0 Å². The fraction of sp³-hybridized carbons (Fsp3) is 0.194. The number of aryl methyl sites for hydroxylation is 1. The number of benzene rings is 4. The molecule has 0 spiro atoms. The van der Waals surface area contributed by atoms with Crippen LogP contribution in [0.5, 0.6) is 23.0 Å². The lowest BCUT2D eigenvalue weighted by Gasteiger charge is -2.26. The van der Waals surface area contributed by atoms with Crippen molar-refractivity contribution in [2.75, 3.05) is 24.1 Å². The summed E-state index contributed by atoms with van der Waals surface area (Å²) in [5.41, 5.74) is 2.08. The summed E-state index contributed by atoms with van der Waals surface area (Å²) in [5, 5.41) is 2.91. The highest BCUT2D eigenvalue weighted by Crippen LogP contribution is 2.33. The molecule has 1 N–H and O–H groups in total. The number of nitrogens with zero attached hydrogens (tertiary/aromatic N) is 1. The third kappa shape index (κ3) is 6.21. The molecule has 0 fully saturated rings. The fourth-order valence-electron chi connectivity index (χ4n) is 4.29. The maximum atomic E-state index is 13.8. The first kappa shape index (κ1) is 27.1. The SMILES string of the molecule is Cc1ccc(S(=O)(=O)N(CC(=O)N[C@H](C)c2ccc3c(c2)OCCO3)c2ccc(Oc3ccccc3)cc2)cc1. The number of para-hydroxylation sites is 1. The highest BCUT2D eigenvalue weighted by molar-refractivity contribution is 7.92. The van der Waals surface area contributed by atoms with Crippen LogP contribution in [-0.2, 0) is 14.8 Å². The Kier molecular flexibility index (Phi) is 7.93. The Balaban J connectivity index is 1.38. The second-order valence-electron chi connectivity index (χ2n) is 9.43. The standard InChI is InChI=1S/C31H30N2O6S/c1-22-8-15-28(16-9-22)40(35,36)33(25-11-13-27(14-12-25)39-26-6-4-3-5-7-26)21-31(34)32-23(2)24-10-17-29-30(20-24)38-19-18-37-29/h3-17,20,23H,18-19,21H2,1-2H3,(H,32,34)/t23-/m1/s1. The van der Waals surface area contributed by atoms with Gasteiger partial charge in [0.15, 0.2) is 11.5 Å². The zero-order valence-corrected chi connectivity index (χ0v) is 23.1. The molecule has 5 rings (SSSR count). The van der Waals surface area contributed by atoms with Crippen molar-refractivity contribution >= 4 is 21.6 Å². The van der Waals surface area contributed by atoms with Gasteiger partial charge in [-0.3, -0.25) is 9.10 Å². The van der Waals surface area contributed by atoms with Gasteiger partial charge >= 0.3 is 0 Å². The number of ether oxygens (including phenoxy) is 3. The number of hydrogen-bond donors (Lipinski definition) is 1. The molecule has 0 bridgehead atoms. The highest BCUT2D eigenvalue weighted by atomic mass is 32.2. The van der Waals surface area contributed by atoms with Gasteiger partial charge < -0.3 is 19.5 Å². The molecule has 0 saturated carbocycles. The van der Waals surface area contributed by atoms with Gasteiger partial charge in [0.2, 0.25) is 5.91 Å². The van der Waals surface area contributed by atoms with Crippen LogP contribution in [0.25, 0.3) is 0 Å². The van der Waals surface area contributed by atoms with E-state index < -0.39 is 28.5 Å². The lowest BCUT2D eigenvalue weighted by molar-refractivity contribution is -0.120. The number of hydrogen-bond acceptors (Lipinski definition) is 6. The zero-order valence-electron chi connectivity index (χ0n) is 22.2. The molecule has 1 heterocycles. The van der Waals surface area contributed by atoms with Crippen LogP contribution < -0.4 is 23.8 Å². The Morgan fingerprint density at radius 2 is 1.52 bits per heavy atom. The summed E-state index contributed by atoms with van der Waals surface area (Å²) in [4.78, 5) is 13.3. The number of carbonyl (C=O) groups is 1. The van der Waals surface area contributed by atoms with Gasteiger partial charge in [0.1, 0.15) is 31.3 Å². The average molecular weight is 559 g/mol. The first-order valence-corrected chi connectivity index (χ1v) is 14.3. The Morgan fingerprint density at radius 1 is 0.875 bits per heavy atom. The molecule has 9 heteroatoms. The normalized spacial score (nSPS) is 13.2. The Morgan fingerprint density at radius 3 is 2.23 bits per heavy atom. The molecule has 4 aromatic rings. The second kappa shape index (κ2) is 11.7. The third-order valence-electron chi connectivity index (χ3n) is 6.44. The minimum atomic E-state index is -4.06. The monoisotopic (exact) mass is 558 g/mol. The Bertz CT molecular complexity index is 1570. The Hall–Kier alpha value is -4.50. The van der Waals surface area contributed by atoms with Crippen molar-refractivity contribution in [3.05, 3.63) is 108 Å². The minimum absolute atomic E-state index is 0.0930. The molecule has 1 aliphatic heterocycles. The lowest BCUT2D eigenvalue weighted by Crippen LogP contribution is -2.41. The van der Waals surface area contributed by atoms with E-state index in [1.807, 2.05) is 56.3 Å². The number of rotatable bonds is 9. The van der Waals surface area contributed by atoms with Crippen LogP contribution in [0.2, 0.25) is 0 Å². The summed E-state index contributed by atoms with van der Waals surface area (Å²) >= 11 is 0. The van der Waals surface area contributed by atoms with E-state index in [-0.39, 0.29) is 4.90 Å². The van der Waals surface area contributed by atoms with E-state index in [1.54, 1.807) is 54.6 Å². The predicted octanol–water partition coefficient (Wildman–Crippen LogP) is 5.63. The van der Waals surface area contributed by atoms with Crippen LogP contribution in [0.3, 0.4) is 0 Å². The smallest absolute Gasteiger partial charge is 0.264 e. The first-order valence-electron chi connectivity index (χ1n) is 12.9. The molecule has 0 aliphatic carbocycles. The van der Waals surface area contributed by atoms with E-state index in [1.165, 1.54) is 0 Å². The summed E-state index contributed by atoms with van der Waals surface area (Å²) in [6.07, 6.45) is 0. The molecule has 1 aliphatic rings. The summed E-state index contributed by atoms with van der Waals surface area (Å²) in [5.74, 6) is 2.02. The maximum Gasteiger partial charge on any atom is 0.264 e. The molecule has 0 radical (unpaired) electrons. The second-order valence-corrected chi connectivity index (χ2v) is 11.3. The lowest BCUT2D eigenvalue weighted by atomic mass is 10.1. The molecule has 4 aromatic carbocycles. The third-order valence-corrected chi connectivity index (χ3v) is 8.23. The first-order chi connectivity index (χ1) is 19.3. The number of carbonyl (C=O) groups excluding carboxylic acids is 1. The number of nitrogens with one attached hydrogen (secondary N) is 1. The topological polar surface area (TPSA) is 94.2 Å². The summed E-state index contributed by atoms with van der Waals surface area (Å²) in [6, 6.07) is 27.5. The maximum absolute atomic E-state index is 13.8. The molecule has 0 unspecified atom stereocenters. The van der Waals surface area contributed by atoms with Gasteiger partial charge in [0.05, 0.1) is 16.6 Å². The highest BCUT2D eigenvalue weighted by Gasteiger charge is 2.28. The van der Waals surface area contributed by atoms with Gasteiger partial charge in [-0.1, -0.05) is 42.0 Å². The van der Waals surface area contributed by atoms with Crippen molar-refractivity contribution in [1.29, 1.82) is 0 Å². The number of fused-ring (bicyclic) bond motifs is 1. The molecular formula is C31H30N2O6S. The zero-order chi connectivity index (χ0) is 28.1. The van der Waals surface area contributed by atoms with Crippen molar-refractivity contribution < 1.29 is 27.4 Å². The van der Waals surface area contributed by atoms with E-state index in [9.17, 15) is 13.2 Å². The van der Waals surface area contributed by atoms with Crippen molar-refractivity contribution in [3.8, 4) is 23.0 Å². The van der Waals surface area contributed by atoms with Crippen molar-refractivity contribution in [2.24, 2.45) is 0 Å². The van der Waals surface area contributed by atoms with Crippen molar-refractivity contribution in [3.63, 3.8) is 0 Å².